The Morgan fingerprint density at radius 2 is 2.04 bits per heavy atom. The lowest BCUT2D eigenvalue weighted by Crippen LogP contribution is -2.41. The van der Waals surface area contributed by atoms with Crippen LogP contribution in [0.15, 0.2) is 59.7 Å². The van der Waals surface area contributed by atoms with Gasteiger partial charge in [0.1, 0.15) is 6.10 Å². The molecule has 0 aliphatic carbocycles. The summed E-state index contributed by atoms with van der Waals surface area (Å²) in [5.74, 6) is 0.641. The smallest absolute Gasteiger partial charge is 0.255 e. The standard InChI is InChI=1S/C21H23N5O2/c1-25-20(27)12-18(16-5-7-23-8-6-16)24-21(25)26-9-10-28-19(14-26)17-4-2-3-15(11-17)13-22/h2-8,11-12,19H,9-10,13-14,22H2,1H3. The Hall–Kier alpha value is -3.03. The predicted molar refractivity (Wildman–Crippen MR) is 108 cm³/mol. The first-order valence-electron chi connectivity index (χ1n) is 9.29. The lowest BCUT2D eigenvalue weighted by Gasteiger charge is -2.34. The summed E-state index contributed by atoms with van der Waals surface area (Å²) < 4.78 is 7.58. The predicted octanol–water partition coefficient (Wildman–Crippen LogP) is 1.88. The molecule has 1 atom stereocenters. The van der Waals surface area contributed by atoms with E-state index in [0.717, 1.165) is 16.7 Å². The number of benzene rings is 1. The molecular formula is C21H23N5O2. The largest absolute Gasteiger partial charge is 0.370 e. The molecule has 1 aromatic carbocycles. The molecule has 1 saturated heterocycles. The van der Waals surface area contributed by atoms with Crippen molar-refractivity contribution < 1.29 is 4.74 Å². The molecular weight excluding hydrogens is 354 g/mol. The first kappa shape index (κ1) is 18.3. The minimum Gasteiger partial charge on any atom is -0.370 e. The van der Waals surface area contributed by atoms with Crippen molar-refractivity contribution in [3.8, 4) is 11.3 Å². The van der Waals surface area contributed by atoms with Crippen molar-refractivity contribution in [2.45, 2.75) is 12.6 Å². The van der Waals surface area contributed by atoms with Gasteiger partial charge in [-0.3, -0.25) is 14.3 Å². The molecule has 3 heterocycles. The maximum Gasteiger partial charge on any atom is 0.255 e. The average molecular weight is 377 g/mol. The zero-order chi connectivity index (χ0) is 19.5. The molecule has 7 heteroatoms. The normalized spacial score (nSPS) is 16.9. The quantitative estimate of drug-likeness (QED) is 0.747. The Kier molecular flexibility index (Phi) is 5.18. The van der Waals surface area contributed by atoms with Crippen molar-refractivity contribution in [1.29, 1.82) is 0 Å². The van der Waals surface area contributed by atoms with Crippen LogP contribution in [0.2, 0.25) is 0 Å². The molecule has 1 aliphatic heterocycles. The first-order chi connectivity index (χ1) is 13.7. The summed E-state index contributed by atoms with van der Waals surface area (Å²) in [7, 11) is 1.75. The van der Waals surface area contributed by atoms with Gasteiger partial charge in [0.15, 0.2) is 0 Å². The van der Waals surface area contributed by atoms with Crippen molar-refractivity contribution >= 4 is 5.95 Å². The van der Waals surface area contributed by atoms with Crippen molar-refractivity contribution in [2.75, 3.05) is 24.6 Å². The zero-order valence-corrected chi connectivity index (χ0v) is 15.8. The minimum absolute atomic E-state index is 0.0926. The van der Waals surface area contributed by atoms with Crippen molar-refractivity contribution in [3.05, 3.63) is 76.3 Å². The highest BCUT2D eigenvalue weighted by Gasteiger charge is 2.25. The second-order valence-electron chi connectivity index (χ2n) is 6.83. The summed E-state index contributed by atoms with van der Waals surface area (Å²) in [6.07, 6.45) is 3.30. The summed E-state index contributed by atoms with van der Waals surface area (Å²) in [6, 6.07) is 13.4. The van der Waals surface area contributed by atoms with Crippen LogP contribution in [0.5, 0.6) is 0 Å². The van der Waals surface area contributed by atoms with Gasteiger partial charge >= 0.3 is 0 Å². The van der Waals surface area contributed by atoms with E-state index in [4.69, 9.17) is 15.5 Å². The molecule has 1 fully saturated rings. The molecule has 2 N–H and O–H groups in total. The third kappa shape index (κ3) is 3.67. The van der Waals surface area contributed by atoms with Crippen molar-refractivity contribution in [1.82, 2.24) is 14.5 Å². The third-order valence-electron chi connectivity index (χ3n) is 5.00. The fourth-order valence-electron chi connectivity index (χ4n) is 3.43. The third-order valence-corrected chi connectivity index (χ3v) is 5.00. The summed E-state index contributed by atoms with van der Waals surface area (Å²) in [5, 5.41) is 0. The molecule has 4 rings (SSSR count). The van der Waals surface area contributed by atoms with E-state index in [1.807, 2.05) is 30.3 Å². The highest BCUT2D eigenvalue weighted by atomic mass is 16.5. The average Bonchev–Trinajstić information content (AvgIpc) is 2.76. The van der Waals surface area contributed by atoms with Crippen LogP contribution in [0.3, 0.4) is 0 Å². The van der Waals surface area contributed by atoms with Crippen LogP contribution < -0.4 is 16.2 Å². The van der Waals surface area contributed by atoms with Crippen LogP contribution in [-0.2, 0) is 18.3 Å². The van der Waals surface area contributed by atoms with Crippen LogP contribution in [0.4, 0.5) is 5.95 Å². The highest BCUT2D eigenvalue weighted by Crippen LogP contribution is 2.26. The lowest BCUT2D eigenvalue weighted by molar-refractivity contribution is 0.0389. The van der Waals surface area contributed by atoms with E-state index in [-0.39, 0.29) is 11.7 Å². The van der Waals surface area contributed by atoms with Gasteiger partial charge in [-0.15, -0.1) is 0 Å². The number of pyridine rings is 1. The van der Waals surface area contributed by atoms with Crippen LogP contribution >= 0.6 is 0 Å². The highest BCUT2D eigenvalue weighted by molar-refractivity contribution is 5.59. The molecule has 3 aromatic rings. The summed E-state index contributed by atoms with van der Waals surface area (Å²) in [4.78, 5) is 23.5. The summed E-state index contributed by atoms with van der Waals surface area (Å²) >= 11 is 0. The Morgan fingerprint density at radius 3 is 2.82 bits per heavy atom. The maximum atomic E-state index is 12.5. The number of aromatic nitrogens is 3. The fourth-order valence-corrected chi connectivity index (χ4v) is 3.43. The van der Waals surface area contributed by atoms with Crippen LogP contribution in [0.25, 0.3) is 11.3 Å². The number of morpholine rings is 1. The summed E-state index contributed by atoms with van der Waals surface area (Å²) in [6.45, 7) is 2.35. The maximum absolute atomic E-state index is 12.5. The van der Waals surface area contributed by atoms with Gasteiger partial charge in [-0.1, -0.05) is 24.3 Å². The topological polar surface area (TPSA) is 86.3 Å². The number of hydrogen-bond acceptors (Lipinski definition) is 6. The van der Waals surface area contributed by atoms with Crippen LogP contribution in [0, 0.1) is 0 Å². The van der Waals surface area contributed by atoms with Gasteiger partial charge in [0, 0.05) is 44.2 Å². The van der Waals surface area contributed by atoms with Gasteiger partial charge in [-0.05, 0) is 23.3 Å². The van der Waals surface area contributed by atoms with Gasteiger partial charge in [0.05, 0.1) is 18.8 Å². The van der Waals surface area contributed by atoms with Gasteiger partial charge < -0.3 is 15.4 Å². The molecule has 0 saturated carbocycles. The minimum atomic E-state index is -0.0956. The number of nitrogens with zero attached hydrogens (tertiary/aromatic N) is 4. The second-order valence-corrected chi connectivity index (χ2v) is 6.83. The Morgan fingerprint density at radius 1 is 1.21 bits per heavy atom. The molecule has 2 aromatic heterocycles. The zero-order valence-electron chi connectivity index (χ0n) is 15.8. The van der Waals surface area contributed by atoms with E-state index in [2.05, 4.69) is 16.0 Å². The number of hydrogen-bond donors (Lipinski definition) is 1. The molecule has 144 valence electrons. The molecule has 1 aliphatic rings. The van der Waals surface area contributed by atoms with Gasteiger partial charge in [0.2, 0.25) is 5.95 Å². The van der Waals surface area contributed by atoms with Crippen LogP contribution in [-0.4, -0.2) is 34.2 Å². The molecule has 28 heavy (non-hydrogen) atoms. The number of rotatable bonds is 4. The monoisotopic (exact) mass is 377 g/mol. The molecule has 0 amide bonds. The van der Waals surface area contributed by atoms with Crippen molar-refractivity contribution in [3.63, 3.8) is 0 Å². The Balaban J connectivity index is 1.66. The van der Waals surface area contributed by atoms with E-state index in [9.17, 15) is 4.79 Å². The molecule has 1 unspecified atom stereocenters. The molecule has 0 bridgehead atoms. The van der Waals surface area contributed by atoms with E-state index >= 15 is 0 Å². The molecule has 0 spiro atoms. The van der Waals surface area contributed by atoms with E-state index in [1.54, 1.807) is 30.1 Å². The number of nitrogens with two attached hydrogens (primary N) is 1. The number of anilines is 1. The Bertz CT molecular complexity index is 1020. The summed E-state index contributed by atoms with van der Waals surface area (Å²) in [5.41, 5.74) is 9.35. The second kappa shape index (κ2) is 7.92. The molecule has 0 radical (unpaired) electrons. The van der Waals surface area contributed by atoms with E-state index in [0.29, 0.717) is 37.9 Å². The van der Waals surface area contributed by atoms with Crippen molar-refractivity contribution in [2.24, 2.45) is 12.8 Å². The SMILES string of the molecule is Cn1c(N2CCOC(c3cccc(CN)c3)C2)nc(-c2ccncc2)cc1=O. The van der Waals surface area contributed by atoms with Gasteiger partial charge in [0.25, 0.3) is 5.56 Å². The number of ether oxygens (including phenoxy) is 1. The lowest BCUT2D eigenvalue weighted by atomic mass is 10.0. The van der Waals surface area contributed by atoms with Gasteiger partial charge in [-0.2, -0.15) is 0 Å². The van der Waals surface area contributed by atoms with Gasteiger partial charge in [-0.25, -0.2) is 4.98 Å². The first-order valence-corrected chi connectivity index (χ1v) is 9.29. The van der Waals surface area contributed by atoms with E-state index < -0.39 is 0 Å². The molecule has 7 nitrogen and oxygen atoms in total. The van der Waals surface area contributed by atoms with E-state index in [1.165, 1.54) is 0 Å². The van der Waals surface area contributed by atoms with Crippen LogP contribution in [0.1, 0.15) is 17.2 Å². The fraction of sp³-hybridized carbons (Fsp3) is 0.286. The Labute approximate surface area is 163 Å².